The lowest BCUT2D eigenvalue weighted by Gasteiger charge is -2.28. The van der Waals surface area contributed by atoms with Gasteiger partial charge in [0, 0.05) is 35.5 Å². The van der Waals surface area contributed by atoms with Crippen LogP contribution in [0.4, 0.5) is 0 Å². The average molecular weight is 363 g/mol. The fourth-order valence-corrected chi connectivity index (χ4v) is 4.14. The molecule has 2 aromatic heterocycles. The Bertz CT molecular complexity index is 914. The van der Waals surface area contributed by atoms with E-state index in [1.165, 1.54) is 12.8 Å². The summed E-state index contributed by atoms with van der Waals surface area (Å²) in [6.45, 7) is 0. The van der Waals surface area contributed by atoms with Crippen molar-refractivity contribution in [3.8, 4) is 34.0 Å². The Hall–Kier alpha value is -2.93. The Kier molecular flexibility index (Phi) is 4.01. The number of phenols is 1. The van der Waals surface area contributed by atoms with Crippen LogP contribution in [0.3, 0.4) is 0 Å². The summed E-state index contributed by atoms with van der Waals surface area (Å²) in [6.07, 6.45) is 8.23. The minimum absolute atomic E-state index is 0.159. The highest BCUT2D eigenvalue weighted by atomic mass is 16.5. The zero-order chi connectivity index (χ0) is 18.2. The molecule has 1 aromatic carbocycles. The van der Waals surface area contributed by atoms with Gasteiger partial charge in [-0.1, -0.05) is 6.07 Å². The van der Waals surface area contributed by atoms with Gasteiger partial charge in [-0.3, -0.25) is 5.10 Å². The van der Waals surface area contributed by atoms with E-state index >= 15 is 0 Å². The topological polar surface area (TPSA) is 96.0 Å². The van der Waals surface area contributed by atoms with Crippen molar-refractivity contribution in [2.75, 3.05) is 0 Å². The number of fused-ring (bicyclic) bond motifs is 2. The van der Waals surface area contributed by atoms with Crippen molar-refractivity contribution >= 4 is 0 Å². The molecular formula is C20H21N5O2. The molecule has 3 N–H and O–H groups in total. The highest BCUT2D eigenvalue weighted by Gasteiger charge is 2.34. The number of rotatable bonds is 4. The van der Waals surface area contributed by atoms with Crippen LogP contribution in [0.1, 0.15) is 25.7 Å². The minimum atomic E-state index is 0.159. The number of hydrogen-bond acceptors (Lipinski definition) is 6. The molecule has 4 heterocycles. The number of ether oxygens (including phenoxy) is 1. The third-order valence-electron chi connectivity index (χ3n) is 5.46. The van der Waals surface area contributed by atoms with Gasteiger partial charge in [-0.05, 0) is 49.4 Å². The molecule has 2 bridgehead atoms. The van der Waals surface area contributed by atoms with Crippen LogP contribution in [0.2, 0.25) is 0 Å². The van der Waals surface area contributed by atoms with Gasteiger partial charge in [0.05, 0.1) is 11.9 Å². The normalized spacial score (nSPS) is 24.1. The van der Waals surface area contributed by atoms with Crippen LogP contribution in [-0.2, 0) is 0 Å². The number of aromatic amines is 1. The van der Waals surface area contributed by atoms with Crippen molar-refractivity contribution in [2.45, 2.75) is 43.9 Å². The van der Waals surface area contributed by atoms with Crippen LogP contribution in [0, 0.1) is 0 Å². The van der Waals surface area contributed by atoms with E-state index in [1.54, 1.807) is 18.5 Å². The molecule has 0 aliphatic carbocycles. The van der Waals surface area contributed by atoms with E-state index in [9.17, 15) is 5.11 Å². The van der Waals surface area contributed by atoms with Crippen molar-refractivity contribution in [2.24, 2.45) is 0 Å². The first-order valence-electron chi connectivity index (χ1n) is 9.33. The molecule has 2 fully saturated rings. The largest absolute Gasteiger partial charge is 0.507 e. The van der Waals surface area contributed by atoms with E-state index in [-0.39, 0.29) is 11.9 Å². The Morgan fingerprint density at radius 2 is 1.85 bits per heavy atom. The molecule has 0 radical (unpaired) electrons. The minimum Gasteiger partial charge on any atom is -0.507 e. The molecule has 138 valence electrons. The van der Waals surface area contributed by atoms with Crippen molar-refractivity contribution in [1.29, 1.82) is 0 Å². The zero-order valence-corrected chi connectivity index (χ0v) is 14.8. The molecule has 27 heavy (non-hydrogen) atoms. The zero-order valence-electron chi connectivity index (χ0n) is 14.8. The number of aromatic nitrogens is 4. The molecule has 0 amide bonds. The van der Waals surface area contributed by atoms with Gasteiger partial charge in [0.25, 0.3) is 0 Å². The van der Waals surface area contributed by atoms with Crippen LogP contribution in [0.5, 0.6) is 11.6 Å². The number of piperidine rings is 1. The highest BCUT2D eigenvalue weighted by Crippen LogP contribution is 2.33. The van der Waals surface area contributed by atoms with E-state index in [4.69, 9.17) is 4.74 Å². The van der Waals surface area contributed by atoms with Crippen molar-refractivity contribution in [1.82, 2.24) is 25.7 Å². The van der Waals surface area contributed by atoms with E-state index in [2.05, 4.69) is 25.7 Å². The van der Waals surface area contributed by atoms with Gasteiger partial charge in [0.1, 0.15) is 11.9 Å². The second-order valence-corrected chi connectivity index (χ2v) is 7.32. The molecule has 7 nitrogen and oxygen atoms in total. The standard InChI is InChI=1S/C20H21N5O2/c26-19-7-12(13-10-21-22-11-13)1-4-17(19)18-5-6-20(25-24-18)27-16-8-14-2-3-15(9-16)23-14/h1,4-7,10-11,14-16,23,26H,2-3,8-9H2,(H,21,22)/t14-,15+,16+. The quantitative estimate of drug-likeness (QED) is 0.660. The van der Waals surface area contributed by atoms with Crippen LogP contribution in [-0.4, -0.2) is 43.7 Å². The van der Waals surface area contributed by atoms with Crippen LogP contribution < -0.4 is 10.1 Å². The lowest BCUT2D eigenvalue weighted by atomic mass is 10.0. The van der Waals surface area contributed by atoms with E-state index in [0.717, 1.165) is 24.0 Å². The maximum Gasteiger partial charge on any atom is 0.233 e. The Morgan fingerprint density at radius 1 is 1.00 bits per heavy atom. The van der Waals surface area contributed by atoms with Crippen LogP contribution in [0.25, 0.3) is 22.4 Å². The van der Waals surface area contributed by atoms with Gasteiger partial charge in [0.15, 0.2) is 0 Å². The lowest BCUT2D eigenvalue weighted by Crippen LogP contribution is -2.42. The third-order valence-corrected chi connectivity index (χ3v) is 5.46. The summed E-state index contributed by atoms with van der Waals surface area (Å²) in [5.74, 6) is 0.700. The smallest absolute Gasteiger partial charge is 0.233 e. The second-order valence-electron chi connectivity index (χ2n) is 7.32. The molecule has 2 aliphatic heterocycles. The summed E-state index contributed by atoms with van der Waals surface area (Å²) in [6, 6.07) is 10.3. The molecule has 0 spiro atoms. The summed E-state index contributed by atoms with van der Waals surface area (Å²) >= 11 is 0. The first kappa shape index (κ1) is 16.3. The summed E-state index contributed by atoms with van der Waals surface area (Å²) < 4.78 is 6.04. The predicted octanol–water partition coefficient (Wildman–Crippen LogP) is 2.90. The van der Waals surface area contributed by atoms with E-state index in [1.807, 2.05) is 24.3 Å². The first-order valence-corrected chi connectivity index (χ1v) is 9.33. The molecule has 3 aromatic rings. The summed E-state index contributed by atoms with van der Waals surface area (Å²) in [5.41, 5.74) is 3.06. The number of H-pyrrole nitrogens is 1. The summed E-state index contributed by atoms with van der Waals surface area (Å²) in [4.78, 5) is 0. The van der Waals surface area contributed by atoms with Crippen molar-refractivity contribution < 1.29 is 9.84 Å². The number of aromatic hydroxyl groups is 1. The summed E-state index contributed by atoms with van der Waals surface area (Å²) in [7, 11) is 0. The molecule has 2 aliphatic rings. The van der Waals surface area contributed by atoms with Gasteiger partial charge in [-0.15, -0.1) is 10.2 Å². The molecule has 5 rings (SSSR count). The summed E-state index contributed by atoms with van der Waals surface area (Å²) in [5, 5.41) is 29.2. The van der Waals surface area contributed by atoms with Gasteiger partial charge < -0.3 is 15.2 Å². The number of nitrogens with one attached hydrogen (secondary N) is 2. The second kappa shape index (κ2) is 6.66. The molecule has 3 atom stereocenters. The molecule has 0 unspecified atom stereocenters. The Labute approximate surface area is 156 Å². The number of benzene rings is 1. The number of hydrogen-bond donors (Lipinski definition) is 3. The first-order chi connectivity index (χ1) is 13.2. The molecule has 0 saturated carbocycles. The van der Waals surface area contributed by atoms with E-state index in [0.29, 0.717) is 29.2 Å². The molecule has 7 heteroatoms. The molecule has 2 saturated heterocycles. The molecular weight excluding hydrogens is 342 g/mol. The van der Waals surface area contributed by atoms with Gasteiger partial charge in [-0.25, -0.2) is 0 Å². The van der Waals surface area contributed by atoms with Gasteiger partial charge >= 0.3 is 0 Å². The van der Waals surface area contributed by atoms with Gasteiger partial charge in [-0.2, -0.15) is 5.10 Å². The highest BCUT2D eigenvalue weighted by molar-refractivity contribution is 5.73. The Morgan fingerprint density at radius 3 is 2.52 bits per heavy atom. The SMILES string of the molecule is Oc1cc(-c2cn[nH]c2)ccc1-c1ccc(O[C@H]2C[C@H]3CC[C@@H](C2)N3)nn1. The third kappa shape index (κ3) is 3.26. The number of phenolic OH excluding ortho intramolecular Hbond substituents is 1. The average Bonchev–Trinajstić information content (AvgIpc) is 3.32. The van der Waals surface area contributed by atoms with Crippen molar-refractivity contribution in [3.63, 3.8) is 0 Å². The van der Waals surface area contributed by atoms with Crippen LogP contribution in [0.15, 0.2) is 42.7 Å². The lowest BCUT2D eigenvalue weighted by molar-refractivity contribution is 0.130. The van der Waals surface area contributed by atoms with Crippen molar-refractivity contribution in [3.05, 3.63) is 42.7 Å². The predicted molar refractivity (Wildman–Crippen MR) is 100 cm³/mol. The maximum atomic E-state index is 10.4. The fourth-order valence-electron chi connectivity index (χ4n) is 4.14. The Balaban J connectivity index is 1.31. The maximum absolute atomic E-state index is 10.4. The number of nitrogens with zero attached hydrogens (tertiary/aromatic N) is 3. The van der Waals surface area contributed by atoms with Gasteiger partial charge in [0.2, 0.25) is 5.88 Å². The van der Waals surface area contributed by atoms with Crippen LogP contribution >= 0.6 is 0 Å². The van der Waals surface area contributed by atoms with E-state index < -0.39 is 0 Å². The monoisotopic (exact) mass is 363 g/mol. The fraction of sp³-hybridized carbons (Fsp3) is 0.350.